The zero-order chi connectivity index (χ0) is 13.6. The lowest BCUT2D eigenvalue weighted by atomic mass is 10.1. The zero-order valence-corrected chi connectivity index (χ0v) is 11.2. The van der Waals surface area contributed by atoms with Crippen molar-refractivity contribution in [3.8, 4) is 0 Å². The maximum atomic E-state index is 10.9. The summed E-state index contributed by atoms with van der Waals surface area (Å²) in [6.07, 6.45) is 10.5. The van der Waals surface area contributed by atoms with Gasteiger partial charge >= 0.3 is 5.97 Å². The van der Waals surface area contributed by atoms with Crippen LogP contribution in [0.2, 0.25) is 0 Å². The summed E-state index contributed by atoms with van der Waals surface area (Å²) >= 11 is 0. The number of esters is 1. The summed E-state index contributed by atoms with van der Waals surface area (Å²) < 4.78 is 4.87. The van der Waals surface area contributed by atoms with Gasteiger partial charge in [-0.3, -0.25) is 0 Å². The number of carbonyl (C=O) groups is 1. The molecule has 0 heterocycles. The van der Waals surface area contributed by atoms with Gasteiger partial charge in [-0.05, 0) is 6.42 Å². The quantitative estimate of drug-likeness (QED) is 0.187. The molecule has 1 atom stereocenters. The molecule has 0 aromatic carbocycles. The first-order valence-electron chi connectivity index (χ1n) is 6.60. The molecule has 0 aromatic rings. The number of ether oxygens (including phenoxy) is 1. The van der Waals surface area contributed by atoms with Crippen LogP contribution in [0.5, 0.6) is 0 Å². The van der Waals surface area contributed by atoms with Gasteiger partial charge in [0, 0.05) is 6.08 Å². The second-order valence-corrected chi connectivity index (χ2v) is 4.26. The molecule has 0 saturated carbocycles. The minimum atomic E-state index is -0.482. The van der Waals surface area contributed by atoms with Crippen molar-refractivity contribution in [3.05, 3.63) is 12.7 Å². The van der Waals surface area contributed by atoms with E-state index in [4.69, 9.17) is 4.74 Å². The van der Waals surface area contributed by atoms with E-state index in [0.29, 0.717) is 0 Å². The molecule has 0 radical (unpaired) electrons. The first-order valence-corrected chi connectivity index (χ1v) is 6.60. The van der Waals surface area contributed by atoms with Crippen LogP contribution in [0.1, 0.15) is 51.9 Å². The van der Waals surface area contributed by atoms with Crippen LogP contribution in [0.4, 0.5) is 0 Å². The van der Waals surface area contributed by atoms with Gasteiger partial charge in [-0.1, -0.05) is 52.0 Å². The third-order valence-corrected chi connectivity index (χ3v) is 2.71. The van der Waals surface area contributed by atoms with E-state index in [2.05, 4.69) is 18.5 Å². The van der Waals surface area contributed by atoms with Crippen molar-refractivity contribution in [3.63, 3.8) is 0 Å². The van der Waals surface area contributed by atoms with E-state index >= 15 is 0 Å². The highest BCUT2D eigenvalue weighted by atomic mass is 16.5. The summed E-state index contributed by atoms with van der Waals surface area (Å²) in [6, 6.07) is -0.266. The van der Waals surface area contributed by atoms with Crippen molar-refractivity contribution in [1.82, 2.24) is 0 Å². The molecule has 1 unspecified atom stereocenters. The molecule has 0 fully saturated rings. The van der Waals surface area contributed by atoms with Crippen LogP contribution < -0.4 is 0 Å². The van der Waals surface area contributed by atoms with Gasteiger partial charge in [0.2, 0.25) is 6.08 Å². The summed E-state index contributed by atoms with van der Waals surface area (Å²) in [6.45, 7) is 5.62. The summed E-state index contributed by atoms with van der Waals surface area (Å²) in [4.78, 5) is 24.8. The molecule has 102 valence electrons. The average molecular weight is 253 g/mol. The number of carbonyl (C=O) groups excluding carboxylic acids is 2. The smallest absolute Gasteiger partial charge is 0.330 e. The maximum absolute atomic E-state index is 10.9. The van der Waals surface area contributed by atoms with E-state index in [1.165, 1.54) is 31.8 Å². The molecule has 0 spiro atoms. The Bertz CT molecular complexity index is 283. The van der Waals surface area contributed by atoms with E-state index in [1.807, 2.05) is 0 Å². The Morgan fingerprint density at radius 1 is 1.33 bits per heavy atom. The number of hydrogen-bond acceptors (Lipinski definition) is 4. The molecule has 0 aliphatic heterocycles. The number of hydrogen-bond donors (Lipinski definition) is 0. The van der Waals surface area contributed by atoms with Crippen LogP contribution in [0.15, 0.2) is 17.6 Å². The summed E-state index contributed by atoms with van der Waals surface area (Å²) in [5, 5.41) is 0. The predicted molar refractivity (Wildman–Crippen MR) is 71.1 cm³/mol. The number of unbranched alkanes of at least 4 members (excludes halogenated alkanes) is 5. The zero-order valence-electron chi connectivity index (χ0n) is 11.2. The molecular weight excluding hydrogens is 230 g/mol. The van der Waals surface area contributed by atoms with E-state index in [-0.39, 0.29) is 12.6 Å². The van der Waals surface area contributed by atoms with Crippen LogP contribution in [-0.4, -0.2) is 24.7 Å². The molecule has 0 aliphatic rings. The number of nitrogens with zero attached hydrogens (tertiary/aromatic N) is 1. The lowest BCUT2D eigenvalue weighted by Gasteiger charge is -2.10. The summed E-state index contributed by atoms with van der Waals surface area (Å²) in [7, 11) is 0. The van der Waals surface area contributed by atoms with Crippen molar-refractivity contribution in [2.75, 3.05) is 6.61 Å². The molecular formula is C14H23NO3. The monoisotopic (exact) mass is 253 g/mol. The molecule has 0 N–H and O–H groups in total. The standard InChI is InChI=1S/C14H23NO3/c1-3-5-6-7-8-9-10-13(15-12-16)11-18-14(17)4-2/h4,13H,2-3,5-11H2,1H3. The van der Waals surface area contributed by atoms with Gasteiger partial charge in [-0.25, -0.2) is 9.59 Å². The van der Waals surface area contributed by atoms with E-state index in [0.717, 1.165) is 25.3 Å². The van der Waals surface area contributed by atoms with E-state index < -0.39 is 5.97 Å². The Morgan fingerprint density at radius 3 is 2.61 bits per heavy atom. The molecule has 4 heteroatoms. The van der Waals surface area contributed by atoms with Crippen LogP contribution in [0.3, 0.4) is 0 Å². The Hall–Kier alpha value is -1.41. The van der Waals surface area contributed by atoms with Gasteiger partial charge in [-0.15, -0.1) is 0 Å². The number of aliphatic imine (C=N–C) groups is 1. The molecule has 4 nitrogen and oxygen atoms in total. The van der Waals surface area contributed by atoms with Gasteiger partial charge in [0.15, 0.2) is 0 Å². The molecule has 0 aromatic heterocycles. The Labute approximate surface area is 109 Å². The van der Waals surface area contributed by atoms with Crippen molar-refractivity contribution < 1.29 is 14.3 Å². The molecule has 18 heavy (non-hydrogen) atoms. The minimum absolute atomic E-state index is 0.134. The van der Waals surface area contributed by atoms with Gasteiger partial charge in [0.05, 0.1) is 6.04 Å². The van der Waals surface area contributed by atoms with Gasteiger partial charge in [0.1, 0.15) is 6.61 Å². The van der Waals surface area contributed by atoms with Crippen LogP contribution >= 0.6 is 0 Å². The minimum Gasteiger partial charge on any atom is -0.460 e. The normalized spacial score (nSPS) is 11.4. The average Bonchev–Trinajstić information content (AvgIpc) is 2.39. The van der Waals surface area contributed by atoms with Gasteiger partial charge in [-0.2, -0.15) is 4.99 Å². The SMILES string of the molecule is C=CC(=O)OCC(CCCCCCCC)N=C=O. The Morgan fingerprint density at radius 2 is 2.00 bits per heavy atom. The third kappa shape index (κ3) is 9.79. The highest BCUT2D eigenvalue weighted by Crippen LogP contribution is 2.10. The van der Waals surface area contributed by atoms with Gasteiger partial charge in [0.25, 0.3) is 0 Å². The number of isocyanates is 1. The fraction of sp³-hybridized carbons (Fsp3) is 0.714. The number of rotatable bonds is 11. The van der Waals surface area contributed by atoms with Gasteiger partial charge < -0.3 is 4.74 Å². The van der Waals surface area contributed by atoms with Crippen molar-refractivity contribution in [2.45, 2.75) is 57.9 Å². The Kier molecular flexibility index (Phi) is 11.1. The predicted octanol–water partition coefficient (Wildman–Crippen LogP) is 3.17. The van der Waals surface area contributed by atoms with Crippen molar-refractivity contribution in [1.29, 1.82) is 0 Å². The fourth-order valence-electron chi connectivity index (χ4n) is 1.66. The van der Waals surface area contributed by atoms with Crippen molar-refractivity contribution >= 4 is 12.0 Å². The first-order chi connectivity index (χ1) is 8.74. The molecule has 0 amide bonds. The third-order valence-electron chi connectivity index (χ3n) is 2.71. The molecule has 0 rings (SSSR count). The fourth-order valence-corrected chi connectivity index (χ4v) is 1.66. The lowest BCUT2D eigenvalue weighted by Crippen LogP contribution is -2.16. The second-order valence-electron chi connectivity index (χ2n) is 4.26. The summed E-state index contributed by atoms with van der Waals surface area (Å²) in [5.74, 6) is -0.482. The summed E-state index contributed by atoms with van der Waals surface area (Å²) in [5.41, 5.74) is 0. The highest BCUT2D eigenvalue weighted by molar-refractivity contribution is 5.81. The molecule has 0 saturated heterocycles. The van der Waals surface area contributed by atoms with Crippen LogP contribution in [-0.2, 0) is 14.3 Å². The second kappa shape index (κ2) is 12.1. The van der Waals surface area contributed by atoms with E-state index in [9.17, 15) is 9.59 Å². The lowest BCUT2D eigenvalue weighted by molar-refractivity contribution is -0.138. The highest BCUT2D eigenvalue weighted by Gasteiger charge is 2.09. The Balaban J connectivity index is 3.73. The first kappa shape index (κ1) is 16.6. The molecule has 0 bridgehead atoms. The van der Waals surface area contributed by atoms with Crippen molar-refractivity contribution in [2.24, 2.45) is 4.99 Å². The topological polar surface area (TPSA) is 55.7 Å². The van der Waals surface area contributed by atoms with Crippen LogP contribution in [0.25, 0.3) is 0 Å². The van der Waals surface area contributed by atoms with E-state index in [1.54, 1.807) is 0 Å². The van der Waals surface area contributed by atoms with Crippen LogP contribution in [0, 0.1) is 0 Å². The molecule has 0 aliphatic carbocycles. The largest absolute Gasteiger partial charge is 0.460 e. The maximum Gasteiger partial charge on any atom is 0.330 e.